The van der Waals surface area contributed by atoms with E-state index in [1.165, 1.54) is 0 Å². The molecule has 0 spiro atoms. The second kappa shape index (κ2) is 2.78. The summed E-state index contributed by atoms with van der Waals surface area (Å²) in [4.78, 5) is 10.8. The number of carbonyl (C=O) groups is 1. The molecule has 1 amide bonds. The van der Waals surface area contributed by atoms with Crippen molar-refractivity contribution in [2.45, 2.75) is 12.8 Å². The van der Waals surface area contributed by atoms with E-state index >= 15 is 0 Å². The zero-order chi connectivity index (χ0) is 8.48. The number of amides is 1. The van der Waals surface area contributed by atoms with E-state index in [1.54, 1.807) is 0 Å². The van der Waals surface area contributed by atoms with Gasteiger partial charge in [-0.2, -0.15) is 8.42 Å². The third kappa shape index (κ3) is 2.47. The lowest BCUT2D eigenvalue weighted by molar-refractivity contribution is -0.149. The van der Waals surface area contributed by atoms with Gasteiger partial charge in [-0.25, -0.2) is 5.06 Å². The fourth-order valence-corrected chi connectivity index (χ4v) is 1.35. The molecule has 0 saturated carbocycles. The van der Waals surface area contributed by atoms with Crippen molar-refractivity contribution in [3.63, 3.8) is 0 Å². The summed E-state index contributed by atoms with van der Waals surface area (Å²) >= 11 is 0. The molecule has 0 radical (unpaired) electrons. The van der Waals surface area contributed by atoms with Gasteiger partial charge in [-0.05, 0) is 6.42 Å². The lowest BCUT2D eigenvalue weighted by atomic mass is 10.4. The molecular weight excluding hydrogens is 170 g/mol. The van der Waals surface area contributed by atoms with E-state index in [-0.39, 0.29) is 5.91 Å². The number of nitrogens with zero attached hydrogens (tertiary/aromatic N) is 1. The predicted octanol–water partition coefficient (Wildman–Crippen LogP) is -0.500. The number of hydrogen-bond donors (Lipinski definition) is 0. The standard InChI is InChI=1S/C5H9NO4S/c1-11(8,9)10-6-4-2-3-5(6)7/h2-4H2,1H3. The van der Waals surface area contributed by atoms with Gasteiger partial charge in [0, 0.05) is 6.42 Å². The summed E-state index contributed by atoms with van der Waals surface area (Å²) in [6.45, 7) is 0.367. The van der Waals surface area contributed by atoms with E-state index in [1.807, 2.05) is 0 Å². The molecule has 0 aromatic heterocycles. The quantitative estimate of drug-likeness (QED) is 0.573. The summed E-state index contributed by atoms with van der Waals surface area (Å²) in [5.74, 6) is -0.268. The Labute approximate surface area is 65.0 Å². The van der Waals surface area contributed by atoms with Gasteiger partial charge in [0.05, 0.1) is 12.8 Å². The highest BCUT2D eigenvalue weighted by atomic mass is 32.2. The molecular formula is C5H9NO4S. The molecule has 1 aliphatic rings. The molecule has 1 rings (SSSR count). The lowest BCUT2D eigenvalue weighted by Crippen LogP contribution is -2.27. The van der Waals surface area contributed by atoms with Crippen LogP contribution in [0.15, 0.2) is 0 Å². The van der Waals surface area contributed by atoms with Crippen molar-refractivity contribution in [3.8, 4) is 0 Å². The van der Waals surface area contributed by atoms with Gasteiger partial charge in [-0.3, -0.25) is 4.79 Å². The normalized spacial score (nSPS) is 19.4. The number of carbonyl (C=O) groups excluding carboxylic acids is 1. The Hall–Kier alpha value is -0.620. The van der Waals surface area contributed by atoms with Gasteiger partial charge >= 0.3 is 0 Å². The highest BCUT2D eigenvalue weighted by Crippen LogP contribution is 2.11. The van der Waals surface area contributed by atoms with Gasteiger partial charge in [0.15, 0.2) is 0 Å². The Bertz CT molecular complexity index is 258. The second-order valence-corrected chi connectivity index (χ2v) is 3.94. The summed E-state index contributed by atoms with van der Waals surface area (Å²) in [5, 5.41) is 0.884. The predicted molar refractivity (Wildman–Crippen MR) is 36.9 cm³/mol. The van der Waals surface area contributed by atoms with Crippen LogP contribution in [0, 0.1) is 0 Å². The Kier molecular flexibility index (Phi) is 2.15. The molecule has 0 aromatic rings. The number of rotatable bonds is 2. The highest BCUT2D eigenvalue weighted by Gasteiger charge is 2.24. The molecule has 5 nitrogen and oxygen atoms in total. The molecule has 0 N–H and O–H groups in total. The van der Waals surface area contributed by atoms with Crippen LogP contribution in [0.2, 0.25) is 0 Å². The van der Waals surface area contributed by atoms with E-state index < -0.39 is 10.1 Å². The highest BCUT2D eigenvalue weighted by molar-refractivity contribution is 7.85. The van der Waals surface area contributed by atoms with Crippen molar-refractivity contribution in [2.75, 3.05) is 12.8 Å². The topological polar surface area (TPSA) is 63.7 Å². The lowest BCUT2D eigenvalue weighted by Gasteiger charge is -2.11. The molecule has 0 aromatic carbocycles. The first-order valence-corrected chi connectivity index (χ1v) is 5.00. The molecule has 0 bridgehead atoms. The molecule has 0 atom stereocenters. The summed E-state index contributed by atoms with van der Waals surface area (Å²) in [6, 6.07) is 0. The van der Waals surface area contributed by atoms with E-state index in [0.717, 1.165) is 11.3 Å². The summed E-state index contributed by atoms with van der Waals surface area (Å²) in [6.07, 6.45) is 1.95. The van der Waals surface area contributed by atoms with Gasteiger partial charge in [0.2, 0.25) is 5.91 Å². The monoisotopic (exact) mass is 179 g/mol. The van der Waals surface area contributed by atoms with Crippen LogP contribution >= 0.6 is 0 Å². The zero-order valence-corrected chi connectivity index (χ0v) is 6.93. The molecule has 0 aliphatic carbocycles. The fraction of sp³-hybridized carbons (Fsp3) is 0.800. The van der Waals surface area contributed by atoms with Crippen molar-refractivity contribution in [2.24, 2.45) is 0 Å². The van der Waals surface area contributed by atoms with Crippen molar-refractivity contribution >= 4 is 16.0 Å². The molecule has 64 valence electrons. The number of hydroxylamine groups is 2. The van der Waals surface area contributed by atoms with Gasteiger partial charge in [-0.15, -0.1) is 4.28 Å². The third-order valence-corrected chi connectivity index (χ3v) is 1.71. The summed E-state index contributed by atoms with van der Waals surface area (Å²) in [7, 11) is -3.54. The first-order valence-electron chi connectivity index (χ1n) is 3.19. The van der Waals surface area contributed by atoms with E-state index in [4.69, 9.17) is 0 Å². The molecule has 1 fully saturated rings. The van der Waals surface area contributed by atoms with Crippen LogP contribution in [-0.2, 0) is 19.2 Å². The van der Waals surface area contributed by atoms with Crippen LogP contribution in [-0.4, -0.2) is 32.2 Å². The van der Waals surface area contributed by atoms with Crippen molar-refractivity contribution in [3.05, 3.63) is 0 Å². The minimum absolute atomic E-state index is 0.268. The molecule has 11 heavy (non-hydrogen) atoms. The largest absolute Gasteiger partial charge is 0.285 e. The SMILES string of the molecule is CS(=O)(=O)ON1CCCC1=O. The van der Waals surface area contributed by atoms with Crippen LogP contribution in [0.4, 0.5) is 0 Å². The van der Waals surface area contributed by atoms with Gasteiger partial charge in [0.25, 0.3) is 10.1 Å². The minimum Gasteiger partial charge on any atom is -0.273 e. The average molecular weight is 179 g/mol. The maximum absolute atomic E-state index is 10.8. The van der Waals surface area contributed by atoms with Crippen molar-refractivity contribution < 1.29 is 17.5 Å². The van der Waals surface area contributed by atoms with E-state index in [0.29, 0.717) is 19.4 Å². The molecule has 0 unspecified atom stereocenters. The van der Waals surface area contributed by atoms with Crippen molar-refractivity contribution in [1.29, 1.82) is 0 Å². The second-order valence-electron chi connectivity index (χ2n) is 2.38. The Morgan fingerprint density at radius 3 is 2.55 bits per heavy atom. The van der Waals surface area contributed by atoms with Crippen molar-refractivity contribution in [1.82, 2.24) is 5.06 Å². The van der Waals surface area contributed by atoms with Gasteiger partial charge < -0.3 is 0 Å². The summed E-state index contributed by atoms with van der Waals surface area (Å²) in [5.41, 5.74) is 0. The number of hydrogen-bond acceptors (Lipinski definition) is 4. The van der Waals surface area contributed by atoms with E-state index in [2.05, 4.69) is 4.28 Å². The fourth-order valence-electron chi connectivity index (χ4n) is 0.866. The maximum Gasteiger partial charge on any atom is 0.285 e. The molecule has 1 heterocycles. The van der Waals surface area contributed by atoms with Gasteiger partial charge in [0.1, 0.15) is 0 Å². The van der Waals surface area contributed by atoms with Gasteiger partial charge in [-0.1, -0.05) is 0 Å². The molecule has 1 saturated heterocycles. The smallest absolute Gasteiger partial charge is 0.273 e. The van der Waals surface area contributed by atoms with Crippen LogP contribution in [0.25, 0.3) is 0 Å². The Morgan fingerprint density at radius 2 is 2.18 bits per heavy atom. The Morgan fingerprint density at radius 1 is 1.55 bits per heavy atom. The van der Waals surface area contributed by atoms with E-state index in [9.17, 15) is 13.2 Å². The summed E-state index contributed by atoms with van der Waals surface area (Å²) < 4.78 is 25.4. The first kappa shape index (κ1) is 8.48. The Balaban J connectivity index is 2.57. The van der Waals surface area contributed by atoms with Crippen LogP contribution in [0.1, 0.15) is 12.8 Å². The minimum atomic E-state index is -3.54. The molecule has 1 aliphatic heterocycles. The van der Waals surface area contributed by atoms with Crippen LogP contribution in [0.5, 0.6) is 0 Å². The zero-order valence-electron chi connectivity index (χ0n) is 6.11. The first-order chi connectivity index (χ1) is 4.99. The van der Waals surface area contributed by atoms with Crippen LogP contribution < -0.4 is 0 Å². The maximum atomic E-state index is 10.8. The average Bonchev–Trinajstić information content (AvgIpc) is 2.12. The van der Waals surface area contributed by atoms with Crippen LogP contribution in [0.3, 0.4) is 0 Å². The third-order valence-electron chi connectivity index (χ3n) is 1.26. The molecule has 6 heteroatoms.